The number of guanidine groups is 1. The average molecular weight is 819 g/mol. The summed E-state index contributed by atoms with van der Waals surface area (Å²) in [7, 11) is 7.06. The summed E-state index contributed by atoms with van der Waals surface area (Å²) < 4.78 is 12.1. The maximum atomic E-state index is 13.4. The molecular formula is C39H45BrCuN7O4. The number of rotatable bonds is 2. The summed E-state index contributed by atoms with van der Waals surface area (Å²) in [5.41, 5.74) is 8.83. The van der Waals surface area contributed by atoms with Gasteiger partial charge in [0.1, 0.15) is 5.84 Å². The Morgan fingerprint density at radius 3 is 1.71 bits per heavy atom. The molecule has 0 radical (unpaired) electrons. The second-order valence-corrected chi connectivity index (χ2v) is 15.7. The Balaban J connectivity index is 0.000000189. The van der Waals surface area contributed by atoms with E-state index in [1.807, 2.05) is 32.2 Å². The number of nitrogens with two attached hydrogens (primary N) is 1. The maximum absolute atomic E-state index is 13.4. The van der Waals surface area contributed by atoms with E-state index in [-0.39, 0.29) is 51.8 Å². The summed E-state index contributed by atoms with van der Waals surface area (Å²) in [6.45, 7) is 14.0. The van der Waals surface area contributed by atoms with Crippen molar-refractivity contribution in [3.05, 3.63) is 81.1 Å². The normalized spacial score (nSPS) is 32.4. The number of hydrogen-bond donors (Lipinski definition) is 1. The van der Waals surface area contributed by atoms with Crippen LogP contribution in [0.2, 0.25) is 0 Å². The molecular weight excluding hydrogens is 774 g/mol. The van der Waals surface area contributed by atoms with Crippen LogP contribution >= 0.6 is 15.9 Å². The SMILES string of the molecule is COC1CCC2(CC1)Cc1ccc(Br)cc1C21N=C(C)N(C)C1=O.[C-]#N.[C-]#[N+]c1ccc2c(c1)C1(N=C(N)N(C)C1=O)C1(CCC(OC)CC1)C2.[Cu+]. The van der Waals surface area contributed by atoms with Gasteiger partial charge in [-0.2, -0.15) is 0 Å². The minimum atomic E-state index is -0.986. The number of methoxy groups -OCH3 is 2. The van der Waals surface area contributed by atoms with Crippen molar-refractivity contribution < 1.29 is 36.1 Å². The van der Waals surface area contributed by atoms with Gasteiger partial charge in [-0.15, -0.1) is 0 Å². The Kier molecular flexibility index (Phi) is 11.2. The van der Waals surface area contributed by atoms with Gasteiger partial charge in [0.2, 0.25) is 0 Å². The van der Waals surface area contributed by atoms with Crippen molar-refractivity contribution in [3.63, 3.8) is 0 Å². The molecule has 52 heavy (non-hydrogen) atoms. The number of nitrogens with zero attached hydrogens (tertiary/aromatic N) is 6. The van der Waals surface area contributed by atoms with E-state index >= 15 is 0 Å². The molecule has 13 heteroatoms. The van der Waals surface area contributed by atoms with E-state index in [1.54, 1.807) is 26.2 Å². The predicted molar refractivity (Wildman–Crippen MR) is 196 cm³/mol. The number of likely N-dealkylation sites (N-methyl/N-ethyl adjacent to an activating group) is 2. The Bertz CT molecular complexity index is 1870. The molecule has 2 N–H and O–H groups in total. The van der Waals surface area contributed by atoms with Crippen molar-refractivity contribution in [3.8, 4) is 0 Å². The molecule has 2 saturated carbocycles. The monoisotopic (exact) mass is 817 g/mol. The molecule has 2 unspecified atom stereocenters. The largest absolute Gasteiger partial charge is 1.00 e. The van der Waals surface area contributed by atoms with Crippen LogP contribution in [0.4, 0.5) is 5.69 Å². The van der Waals surface area contributed by atoms with E-state index in [4.69, 9.17) is 43.6 Å². The van der Waals surface area contributed by atoms with Crippen LogP contribution in [0.5, 0.6) is 0 Å². The smallest absolute Gasteiger partial charge is 0.512 e. The van der Waals surface area contributed by atoms with Gasteiger partial charge in [0.15, 0.2) is 22.7 Å². The summed E-state index contributed by atoms with van der Waals surface area (Å²) in [5.74, 6) is 1.15. The molecule has 278 valence electrons. The number of aliphatic imine (C=N–C) groups is 2. The molecule has 2 atom stereocenters. The minimum Gasteiger partial charge on any atom is -0.512 e. The number of carbonyl (C=O) groups is 2. The number of amides is 2. The Hall–Kier alpha value is -3.58. The van der Waals surface area contributed by atoms with Crippen molar-refractivity contribution in [2.24, 2.45) is 26.5 Å². The third-order valence-corrected chi connectivity index (χ3v) is 13.3. The minimum absolute atomic E-state index is 0. The first-order chi connectivity index (χ1) is 24.4. The van der Waals surface area contributed by atoms with E-state index in [2.05, 4.69) is 39.0 Å². The molecule has 2 aromatic rings. The standard InChI is InChI=1S/C19H23BrN2O2.C19H22N4O2.CN.Cu/c1-12-21-19(17(23)22(12)2)16-10-14(20)5-4-13(16)11-18(19)8-6-15(24-3)7-9-18;1-21-13-5-4-12-11-18(8-6-14(25-3)7-9-18)19(15(12)10-13)16(24)23(2)17(20)22-19;1-2;/h4-5,10,15H,6-9,11H2,1-3H3;4-5,10,14H,6-9,11H2,2-3H3,(H2,20,22);;/q;;-1;+1. The topological polar surface area (TPSA) is 138 Å². The maximum Gasteiger partial charge on any atom is 1.00 e. The predicted octanol–water partition coefficient (Wildman–Crippen LogP) is 6.11. The van der Waals surface area contributed by atoms with Crippen molar-refractivity contribution in [2.45, 2.75) is 94.4 Å². The van der Waals surface area contributed by atoms with Crippen LogP contribution in [-0.4, -0.2) is 73.9 Å². The molecule has 2 aromatic carbocycles. The molecule has 0 saturated heterocycles. The second kappa shape index (κ2) is 14.7. The van der Waals surface area contributed by atoms with Gasteiger partial charge in [-0.25, -0.2) is 9.84 Å². The molecule has 8 rings (SSSR count). The molecule has 2 heterocycles. The zero-order chi connectivity index (χ0) is 36.9. The fourth-order valence-corrected chi connectivity index (χ4v) is 10.4. The van der Waals surface area contributed by atoms with E-state index in [9.17, 15) is 9.59 Å². The van der Waals surface area contributed by atoms with Crippen LogP contribution in [-0.2, 0) is 60.1 Å². The first-order valence-corrected chi connectivity index (χ1v) is 18.3. The van der Waals surface area contributed by atoms with Crippen LogP contribution < -0.4 is 5.73 Å². The number of hydrogen-bond acceptors (Lipinski definition) is 8. The number of carbonyl (C=O) groups excluding carboxylic acids is 2. The number of halogens is 1. The Morgan fingerprint density at radius 1 is 0.827 bits per heavy atom. The average Bonchev–Trinajstić information content (AvgIpc) is 3.75. The van der Waals surface area contributed by atoms with Crippen molar-refractivity contribution in [2.75, 3.05) is 28.3 Å². The third kappa shape index (κ3) is 5.63. The van der Waals surface area contributed by atoms with Gasteiger partial charge in [0.25, 0.3) is 11.8 Å². The quantitative estimate of drug-likeness (QED) is 0.287. The van der Waals surface area contributed by atoms with E-state index < -0.39 is 11.1 Å². The molecule has 4 spiro atoms. The fourth-order valence-electron chi connectivity index (χ4n) is 10.00. The number of fused-ring (bicyclic) bond motifs is 6. The van der Waals surface area contributed by atoms with Gasteiger partial charge in [-0.1, -0.05) is 40.2 Å². The molecule has 2 aliphatic heterocycles. The molecule has 0 aromatic heterocycles. The zero-order valence-corrected chi connectivity index (χ0v) is 32.8. The van der Waals surface area contributed by atoms with Crippen LogP contribution in [0.3, 0.4) is 0 Å². The molecule has 6 aliphatic rings. The molecule has 4 aliphatic carbocycles. The van der Waals surface area contributed by atoms with Gasteiger partial charge < -0.3 is 31.9 Å². The number of ether oxygens (including phenoxy) is 2. The van der Waals surface area contributed by atoms with Crippen molar-refractivity contribution in [1.82, 2.24) is 9.80 Å². The van der Waals surface area contributed by atoms with E-state index in [0.29, 0.717) is 11.8 Å². The van der Waals surface area contributed by atoms with Crippen LogP contribution in [0.1, 0.15) is 80.5 Å². The molecule has 2 amide bonds. The fraction of sp³-hybridized carbons (Fsp3) is 0.538. The second-order valence-electron chi connectivity index (χ2n) is 14.8. The van der Waals surface area contributed by atoms with Crippen molar-refractivity contribution >= 4 is 45.2 Å². The van der Waals surface area contributed by atoms with Gasteiger partial charge >= 0.3 is 17.1 Å². The number of benzene rings is 2. The molecule has 0 bridgehead atoms. The summed E-state index contributed by atoms with van der Waals surface area (Å²) in [4.78, 5) is 43.3. The van der Waals surface area contributed by atoms with Crippen LogP contribution in [0.25, 0.3) is 4.85 Å². The first kappa shape index (κ1) is 39.6. The van der Waals surface area contributed by atoms with Crippen LogP contribution in [0.15, 0.2) is 50.9 Å². The van der Waals surface area contributed by atoms with E-state index in [1.165, 1.54) is 10.5 Å². The van der Waals surface area contributed by atoms with Gasteiger partial charge in [0, 0.05) is 43.6 Å². The summed E-state index contributed by atoms with van der Waals surface area (Å²) in [6, 6.07) is 12.0. The first-order valence-electron chi connectivity index (χ1n) is 17.5. The van der Waals surface area contributed by atoms with Gasteiger partial charge in [-0.05, 0) is 106 Å². The van der Waals surface area contributed by atoms with Crippen molar-refractivity contribution in [1.29, 1.82) is 5.26 Å². The number of amidine groups is 1. The summed E-state index contributed by atoms with van der Waals surface area (Å²) in [6.07, 6.45) is 9.79. The summed E-state index contributed by atoms with van der Waals surface area (Å²) >= 11 is 3.59. The Morgan fingerprint density at radius 2 is 1.29 bits per heavy atom. The summed E-state index contributed by atoms with van der Waals surface area (Å²) in [5, 5.41) is 6.25. The van der Waals surface area contributed by atoms with Crippen LogP contribution in [0, 0.1) is 29.2 Å². The van der Waals surface area contributed by atoms with E-state index in [0.717, 1.165) is 91.2 Å². The third-order valence-electron chi connectivity index (χ3n) is 12.8. The van der Waals surface area contributed by atoms with Gasteiger partial charge in [0.05, 0.1) is 18.8 Å². The molecule has 2 fully saturated rings. The zero-order valence-electron chi connectivity index (χ0n) is 30.3. The molecule has 11 nitrogen and oxygen atoms in total. The van der Waals surface area contributed by atoms with Gasteiger partial charge in [-0.3, -0.25) is 19.5 Å². The Labute approximate surface area is 325 Å².